The normalized spacial score (nSPS) is 14.3. The zero-order valence-electron chi connectivity index (χ0n) is 14.9. The van der Waals surface area contributed by atoms with Gasteiger partial charge >= 0.3 is 0 Å². The lowest BCUT2D eigenvalue weighted by Crippen LogP contribution is -2.26. The molecular weight excluding hydrogens is 258 g/mol. The molecule has 0 bridgehead atoms. The van der Waals surface area contributed by atoms with Gasteiger partial charge in [-0.15, -0.1) is 0 Å². The highest BCUT2D eigenvalue weighted by Gasteiger charge is 2.27. The molecule has 1 aromatic carbocycles. The Kier molecular flexibility index (Phi) is 6.01. The third kappa shape index (κ3) is 4.82. The van der Waals surface area contributed by atoms with Crippen LogP contribution >= 0.6 is 0 Å². The van der Waals surface area contributed by atoms with Gasteiger partial charge in [0.05, 0.1) is 6.10 Å². The summed E-state index contributed by atoms with van der Waals surface area (Å²) in [6, 6.07) is 6.73. The minimum absolute atomic E-state index is 0.143. The van der Waals surface area contributed by atoms with Crippen LogP contribution in [0.2, 0.25) is 0 Å². The van der Waals surface area contributed by atoms with Gasteiger partial charge in [-0.2, -0.15) is 0 Å². The van der Waals surface area contributed by atoms with E-state index in [1.807, 2.05) is 0 Å². The van der Waals surface area contributed by atoms with Gasteiger partial charge in [-0.25, -0.2) is 0 Å². The smallest absolute Gasteiger partial charge is 0.0696 e. The van der Waals surface area contributed by atoms with Gasteiger partial charge in [-0.3, -0.25) is 0 Å². The largest absolute Gasteiger partial charge is 0.380 e. The molecule has 1 aromatic rings. The van der Waals surface area contributed by atoms with Crippen molar-refractivity contribution < 1.29 is 4.74 Å². The summed E-state index contributed by atoms with van der Waals surface area (Å²) in [6.45, 7) is 14.4. The van der Waals surface area contributed by atoms with E-state index >= 15 is 0 Å². The number of nitrogens with two attached hydrogens (primary N) is 1. The van der Waals surface area contributed by atoms with Crippen molar-refractivity contribution in [2.75, 3.05) is 13.7 Å². The fourth-order valence-corrected chi connectivity index (χ4v) is 2.97. The van der Waals surface area contributed by atoms with Crippen molar-refractivity contribution >= 4 is 0 Å². The van der Waals surface area contributed by atoms with Crippen molar-refractivity contribution in [3.63, 3.8) is 0 Å². The lowest BCUT2D eigenvalue weighted by atomic mass is 9.72. The highest BCUT2D eigenvalue weighted by Crippen LogP contribution is 2.36. The van der Waals surface area contributed by atoms with Gasteiger partial charge in [0.25, 0.3) is 0 Å². The predicted molar refractivity (Wildman–Crippen MR) is 92.0 cm³/mol. The third-order valence-electron chi connectivity index (χ3n) is 4.04. The minimum atomic E-state index is 0.143. The lowest BCUT2D eigenvalue weighted by Gasteiger charge is -2.32. The molecule has 1 rings (SSSR count). The van der Waals surface area contributed by atoms with Crippen molar-refractivity contribution in [1.82, 2.24) is 0 Å². The summed E-state index contributed by atoms with van der Waals surface area (Å²) in [4.78, 5) is 0. The molecular formula is C19H33NO. The molecule has 1 atom stereocenters. The molecule has 0 saturated carbocycles. The maximum Gasteiger partial charge on any atom is 0.0696 e. The molecule has 0 heterocycles. The average molecular weight is 291 g/mol. The first kappa shape index (κ1) is 18.2. The predicted octanol–water partition coefficient (Wildman–Crippen LogP) is 4.19. The number of hydrogen-bond acceptors (Lipinski definition) is 2. The first-order valence-electron chi connectivity index (χ1n) is 7.97. The lowest BCUT2D eigenvalue weighted by molar-refractivity contribution is 0.102. The van der Waals surface area contributed by atoms with Crippen LogP contribution in [0.15, 0.2) is 18.2 Å². The molecule has 0 radical (unpaired) electrons. The highest BCUT2D eigenvalue weighted by atomic mass is 16.5. The molecule has 0 fully saturated rings. The standard InChI is InChI=1S/C19H33NO/c1-18(2,3)16-10-8-9-14(17(16)19(4,5)6)11-12-15(13-20)21-7/h8-10,15H,11-13,20H2,1-7H3. The van der Waals surface area contributed by atoms with Crippen molar-refractivity contribution in [1.29, 1.82) is 0 Å². The van der Waals surface area contributed by atoms with Gasteiger partial charge in [0, 0.05) is 13.7 Å². The van der Waals surface area contributed by atoms with Crippen LogP contribution in [0.3, 0.4) is 0 Å². The quantitative estimate of drug-likeness (QED) is 0.883. The molecule has 2 N–H and O–H groups in total. The van der Waals surface area contributed by atoms with Gasteiger partial charge in [0.15, 0.2) is 0 Å². The van der Waals surface area contributed by atoms with Gasteiger partial charge in [-0.1, -0.05) is 59.7 Å². The molecule has 0 amide bonds. The van der Waals surface area contributed by atoms with E-state index in [9.17, 15) is 0 Å². The molecule has 0 spiro atoms. The van der Waals surface area contributed by atoms with Gasteiger partial charge in [0.1, 0.15) is 0 Å². The topological polar surface area (TPSA) is 35.2 Å². The SMILES string of the molecule is COC(CN)CCc1cccc(C(C)(C)C)c1C(C)(C)C. The van der Waals surface area contributed by atoms with Crippen LogP contribution in [0.25, 0.3) is 0 Å². The summed E-state index contributed by atoms with van der Waals surface area (Å²) in [5.41, 5.74) is 10.4. The van der Waals surface area contributed by atoms with Crippen molar-refractivity contribution in [2.45, 2.75) is 71.3 Å². The molecule has 1 unspecified atom stereocenters. The fraction of sp³-hybridized carbons (Fsp3) is 0.684. The minimum Gasteiger partial charge on any atom is -0.380 e. The van der Waals surface area contributed by atoms with Crippen LogP contribution in [-0.4, -0.2) is 19.8 Å². The Morgan fingerprint density at radius 2 is 1.67 bits per heavy atom. The van der Waals surface area contributed by atoms with E-state index < -0.39 is 0 Å². The first-order valence-corrected chi connectivity index (χ1v) is 7.97. The molecule has 120 valence electrons. The number of methoxy groups -OCH3 is 1. The monoisotopic (exact) mass is 291 g/mol. The molecule has 2 heteroatoms. The van der Waals surface area contributed by atoms with E-state index in [1.165, 1.54) is 16.7 Å². The third-order valence-corrected chi connectivity index (χ3v) is 4.04. The Bertz CT molecular complexity index is 448. The molecule has 21 heavy (non-hydrogen) atoms. The number of ether oxygens (including phenoxy) is 1. The molecule has 0 aliphatic rings. The van der Waals surface area contributed by atoms with Crippen molar-refractivity contribution in [2.24, 2.45) is 5.73 Å². The summed E-state index contributed by atoms with van der Waals surface area (Å²) in [6.07, 6.45) is 2.15. The second-order valence-electron chi connectivity index (χ2n) is 7.97. The van der Waals surface area contributed by atoms with Crippen LogP contribution < -0.4 is 5.73 Å². The van der Waals surface area contributed by atoms with E-state index in [4.69, 9.17) is 10.5 Å². The first-order chi connectivity index (χ1) is 9.61. The van der Waals surface area contributed by atoms with E-state index in [0.29, 0.717) is 6.54 Å². The van der Waals surface area contributed by atoms with Crippen LogP contribution in [-0.2, 0) is 22.0 Å². The average Bonchev–Trinajstić information content (AvgIpc) is 2.37. The van der Waals surface area contributed by atoms with E-state index in [0.717, 1.165) is 12.8 Å². The number of aryl methyl sites for hydroxylation is 1. The Labute approximate surface area is 131 Å². The number of rotatable bonds is 5. The van der Waals surface area contributed by atoms with E-state index in [2.05, 4.69) is 59.7 Å². The second-order valence-corrected chi connectivity index (χ2v) is 7.97. The van der Waals surface area contributed by atoms with Crippen LogP contribution in [0.1, 0.15) is 64.7 Å². The Hall–Kier alpha value is -0.860. The molecule has 2 nitrogen and oxygen atoms in total. The Balaban J connectivity index is 3.20. The second kappa shape index (κ2) is 6.93. The van der Waals surface area contributed by atoms with Crippen LogP contribution in [0.4, 0.5) is 0 Å². The maximum atomic E-state index is 5.75. The highest BCUT2D eigenvalue weighted by molar-refractivity contribution is 5.43. The summed E-state index contributed by atoms with van der Waals surface area (Å²) < 4.78 is 5.42. The summed E-state index contributed by atoms with van der Waals surface area (Å²) in [7, 11) is 1.74. The summed E-state index contributed by atoms with van der Waals surface area (Å²) in [5.74, 6) is 0. The van der Waals surface area contributed by atoms with Gasteiger partial charge in [0.2, 0.25) is 0 Å². The summed E-state index contributed by atoms with van der Waals surface area (Å²) in [5, 5.41) is 0. The van der Waals surface area contributed by atoms with Crippen molar-refractivity contribution in [3.05, 3.63) is 34.9 Å². The van der Waals surface area contributed by atoms with Gasteiger partial charge in [-0.05, 0) is 40.4 Å². The van der Waals surface area contributed by atoms with E-state index in [-0.39, 0.29) is 16.9 Å². The van der Waals surface area contributed by atoms with Crippen molar-refractivity contribution in [3.8, 4) is 0 Å². The molecule has 0 saturated heterocycles. The molecule has 0 aliphatic carbocycles. The van der Waals surface area contributed by atoms with Crippen LogP contribution in [0.5, 0.6) is 0 Å². The zero-order chi connectivity index (χ0) is 16.3. The number of hydrogen-bond donors (Lipinski definition) is 1. The molecule has 0 aromatic heterocycles. The van der Waals surface area contributed by atoms with Crippen LogP contribution in [0, 0.1) is 0 Å². The Morgan fingerprint density at radius 1 is 1.05 bits per heavy atom. The zero-order valence-corrected chi connectivity index (χ0v) is 14.9. The van der Waals surface area contributed by atoms with Gasteiger partial charge < -0.3 is 10.5 Å². The fourth-order valence-electron chi connectivity index (χ4n) is 2.97. The molecule has 0 aliphatic heterocycles. The summed E-state index contributed by atoms with van der Waals surface area (Å²) >= 11 is 0. The van der Waals surface area contributed by atoms with E-state index in [1.54, 1.807) is 7.11 Å². The number of benzene rings is 1. The maximum absolute atomic E-state index is 5.75. The Morgan fingerprint density at radius 3 is 2.10 bits per heavy atom.